The molecule has 0 radical (unpaired) electrons. The molecule has 0 spiro atoms. The summed E-state index contributed by atoms with van der Waals surface area (Å²) in [6.07, 6.45) is 0.533. The average Bonchev–Trinajstić information content (AvgIpc) is 2.45. The summed E-state index contributed by atoms with van der Waals surface area (Å²) >= 11 is 0. The lowest BCUT2D eigenvalue weighted by Crippen LogP contribution is -2.01. The minimum atomic E-state index is 0.173. The fourth-order valence-corrected chi connectivity index (χ4v) is 1.97. The Hall–Kier alpha value is -2.09. The molecule has 0 bridgehead atoms. The number of ether oxygens (including phenoxy) is 1. The number of ketones is 1. The highest BCUT2D eigenvalue weighted by Crippen LogP contribution is 2.19. The minimum Gasteiger partial charge on any atom is -0.489 e. The summed E-state index contributed by atoms with van der Waals surface area (Å²) in [7, 11) is 0. The maximum atomic E-state index is 11.7. The van der Waals surface area contributed by atoms with E-state index in [-0.39, 0.29) is 5.78 Å². The van der Waals surface area contributed by atoms with E-state index in [1.807, 2.05) is 62.4 Å². The summed E-state index contributed by atoms with van der Waals surface area (Å²) in [5.74, 6) is 0.973. The molecule has 0 aromatic heterocycles. The zero-order valence-corrected chi connectivity index (χ0v) is 11.3. The van der Waals surface area contributed by atoms with Crippen LogP contribution in [0.15, 0.2) is 48.5 Å². The number of Topliss-reactive ketones (excluding diaryl/α,β-unsaturated/α-hetero) is 1. The number of carbonyl (C=O) groups is 1. The molecule has 2 nitrogen and oxygen atoms in total. The second kappa shape index (κ2) is 6.19. The minimum absolute atomic E-state index is 0.173. The van der Waals surface area contributed by atoms with Crippen molar-refractivity contribution in [3.8, 4) is 5.75 Å². The molecular weight excluding hydrogens is 236 g/mol. The standard InChI is InChI=1S/C17H18O2/c1-3-17(18)16-10-9-15(11-13(16)2)19-12-14-7-5-4-6-8-14/h4-11H,3,12H2,1-2H3. The largest absolute Gasteiger partial charge is 0.489 e. The SMILES string of the molecule is CCC(=O)c1ccc(OCc2ccccc2)cc1C. The third-order valence-corrected chi connectivity index (χ3v) is 3.07. The fourth-order valence-electron chi connectivity index (χ4n) is 1.97. The van der Waals surface area contributed by atoms with Gasteiger partial charge in [-0.25, -0.2) is 0 Å². The molecule has 0 saturated carbocycles. The molecule has 0 amide bonds. The molecule has 0 heterocycles. The highest BCUT2D eigenvalue weighted by atomic mass is 16.5. The van der Waals surface area contributed by atoms with E-state index in [9.17, 15) is 4.79 Å². The average molecular weight is 254 g/mol. The van der Waals surface area contributed by atoms with Gasteiger partial charge in [0.15, 0.2) is 5.78 Å². The number of hydrogen-bond acceptors (Lipinski definition) is 2. The maximum absolute atomic E-state index is 11.7. The summed E-state index contributed by atoms with van der Waals surface area (Å²) in [5.41, 5.74) is 2.89. The van der Waals surface area contributed by atoms with E-state index in [0.29, 0.717) is 13.0 Å². The summed E-state index contributed by atoms with van der Waals surface area (Å²) in [6.45, 7) is 4.36. The summed E-state index contributed by atoms with van der Waals surface area (Å²) in [4.78, 5) is 11.7. The van der Waals surface area contributed by atoms with Gasteiger partial charge in [0.1, 0.15) is 12.4 Å². The predicted molar refractivity (Wildman–Crippen MR) is 76.6 cm³/mol. The van der Waals surface area contributed by atoms with Crippen molar-refractivity contribution in [1.82, 2.24) is 0 Å². The van der Waals surface area contributed by atoms with Crippen molar-refractivity contribution in [1.29, 1.82) is 0 Å². The second-order valence-electron chi connectivity index (χ2n) is 4.53. The van der Waals surface area contributed by atoms with E-state index < -0.39 is 0 Å². The van der Waals surface area contributed by atoms with Crippen LogP contribution in [-0.2, 0) is 6.61 Å². The number of benzene rings is 2. The number of carbonyl (C=O) groups excluding carboxylic acids is 1. The third-order valence-electron chi connectivity index (χ3n) is 3.07. The molecule has 2 rings (SSSR count). The van der Waals surface area contributed by atoms with E-state index in [4.69, 9.17) is 4.74 Å². The molecule has 0 atom stereocenters. The first-order valence-corrected chi connectivity index (χ1v) is 6.51. The van der Waals surface area contributed by atoms with E-state index in [2.05, 4.69) is 0 Å². The third kappa shape index (κ3) is 3.44. The zero-order valence-electron chi connectivity index (χ0n) is 11.3. The Labute approximate surface area is 114 Å². The molecule has 0 N–H and O–H groups in total. The van der Waals surface area contributed by atoms with Crippen molar-refractivity contribution in [2.24, 2.45) is 0 Å². The summed E-state index contributed by atoms with van der Waals surface area (Å²) in [6, 6.07) is 15.7. The molecule has 0 saturated heterocycles. The topological polar surface area (TPSA) is 26.3 Å². The summed E-state index contributed by atoms with van der Waals surface area (Å²) in [5, 5.41) is 0. The lowest BCUT2D eigenvalue weighted by atomic mass is 10.0. The molecule has 2 aromatic carbocycles. The fraction of sp³-hybridized carbons (Fsp3) is 0.235. The van der Waals surface area contributed by atoms with Gasteiger partial charge >= 0.3 is 0 Å². The molecular formula is C17H18O2. The van der Waals surface area contributed by atoms with Gasteiger partial charge in [-0.1, -0.05) is 37.3 Å². The van der Waals surface area contributed by atoms with Crippen molar-refractivity contribution >= 4 is 5.78 Å². The van der Waals surface area contributed by atoms with Crippen LogP contribution in [0.3, 0.4) is 0 Å². The zero-order chi connectivity index (χ0) is 13.7. The van der Waals surface area contributed by atoms with Crippen LogP contribution in [0.25, 0.3) is 0 Å². The van der Waals surface area contributed by atoms with Crippen molar-refractivity contribution in [3.63, 3.8) is 0 Å². The highest BCUT2D eigenvalue weighted by Gasteiger charge is 2.07. The number of aryl methyl sites for hydroxylation is 1. The molecule has 0 fully saturated rings. The van der Waals surface area contributed by atoms with Crippen LogP contribution in [0.2, 0.25) is 0 Å². The van der Waals surface area contributed by atoms with E-state index in [1.54, 1.807) is 0 Å². The van der Waals surface area contributed by atoms with Crippen LogP contribution in [0.4, 0.5) is 0 Å². The van der Waals surface area contributed by atoms with E-state index >= 15 is 0 Å². The second-order valence-corrected chi connectivity index (χ2v) is 4.53. The first-order valence-electron chi connectivity index (χ1n) is 6.51. The van der Waals surface area contributed by atoms with Crippen LogP contribution in [0, 0.1) is 6.92 Å². The Balaban J connectivity index is 2.06. The maximum Gasteiger partial charge on any atom is 0.162 e. The van der Waals surface area contributed by atoms with E-state index in [0.717, 1.165) is 22.4 Å². The smallest absolute Gasteiger partial charge is 0.162 e. The Bertz CT molecular complexity index is 559. The first-order chi connectivity index (χ1) is 9.20. The van der Waals surface area contributed by atoms with Crippen molar-refractivity contribution in [3.05, 3.63) is 65.2 Å². The Kier molecular flexibility index (Phi) is 4.35. The summed E-state index contributed by atoms with van der Waals surface area (Å²) < 4.78 is 5.73. The molecule has 0 unspecified atom stereocenters. The predicted octanol–water partition coefficient (Wildman–Crippen LogP) is 4.17. The van der Waals surface area contributed by atoms with Gasteiger partial charge in [0.05, 0.1) is 0 Å². The lowest BCUT2D eigenvalue weighted by Gasteiger charge is -2.09. The molecule has 2 aromatic rings. The van der Waals surface area contributed by atoms with Gasteiger partial charge in [0.25, 0.3) is 0 Å². The van der Waals surface area contributed by atoms with Crippen molar-refractivity contribution < 1.29 is 9.53 Å². The molecule has 0 aliphatic rings. The van der Waals surface area contributed by atoms with Gasteiger partial charge in [0.2, 0.25) is 0 Å². The first kappa shape index (κ1) is 13.3. The Morgan fingerprint density at radius 2 is 1.84 bits per heavy atom. The van der Waals surface area contributed by atoms with Crippen LogP contribution in [0.1, 0.15) is 34.8 Å². The molecule has 2 heteroatoms. The molecule has 0 aliphatic carbocycles. The number of rotatable bonds is 5. The lowest BCUT2D eigenvalue weighted by molar-refractivity contribution is 0.0987. The van der Waals surface area contributed by atoms with Crippen molar-refractivity contribution in [2.75, 3.05) is 0 Å². The van der Waals surface area contributed by atoms with Crippen LogP contribution < -0.4 is 4.74 Å². The van der Waals surface area contributed by atoms with Gasteiger partial charge in [-0.15, -0.1) is 0 Å². The Morgan fingerprint density at radius 1 is 1.11 bits per heavy atom. The molecule has 0 aliphatic heterocycles. The monoisotopic (exact) mass is 254 g/mol. The number of hydrogen-bond donors (Lipinski definition) is 0. The molecule has 98 valence electrons. The van der Waals surface area contributed by atoms with Crippen LogP contribution in [0.5, 0.6) is 5.75 Å². The van der Waals surface area contributed by atoms with Gasteiger partial charge in [0, 0.05) is 12.0 Å². The van der Waals surface area contributed by atoms with Gasteiger partial charge in [-0.3, -0.25) is 4.79 Å². The van der Waals surface area contributed by atoms with Crippen molar-refractivity contribution in [2.45, 2.75) is 26.9 Å². The van der Waals surface area contributed by atoms with Gasteiger partial charge in [-0.2, -0.15) is 0 Å². The Morgan fingerprint density at radius 3 is 2.47 bits per heavy atom. The van der Waals surface area contributed by atoms with E-state index in [1.165, 1.54) is 0 Å². The van der Waals surface area contributed by atoms with Crippen LogP contribution in [-0.4, -0.2) is 5.78 Å². The van der Waals surface area contributed by atoms with Gasteiger partial charge < -0.3 is 4.74 Å². The van der Waals surface area contributed by atoms with Gasteiger partial charge in [-0.05, 0) is 36.2 Å². The van der Waals surface area contributed by atoms with Crippen LogP contribution >= 0.6 is 0 Å². The molecule has 19 heavy (non-hydrogen) atoms. The quantitative estimate of drug-likeness (QED) is 0.749. The normalized spacial score (nSPS) is 10.2. The highest BCUT2D eigenvalue weighted by molar-refractivity contribution is 5.97.